The number of benzene rings is 1. The van der Waals surface area contributed by atoms with Crippen molar-refractivity contribution in [1.29, 1.82) is 0 Å². The minimum atomic E-state index is -1.60. The molecule has 0 amide bonds. The van der Waals surface area contributed by atoms with E-state index < -0.39 is 24.9 Å². The Bertz CT molecular complexity index is 865. The highest BCUT2D eigenvalue weighted by Crippen LogP contribution is 2.29. The molecule has 0 aliphatic carbocycles. The Morgan fingerprint density at radius 3 is 2.64 bits per heavy atom. The summed E-state index contributed by atoms with van der Waals surface area (Å²) in [5.41, 5.74) is 1.91. The van der Waals surface area contributed by atoms with Gasteiger partial charge in [-0.3, -0.25) is 0 Å². The molecule has 0 aliphatic rings. The molecular weight excluding hydrogens is 346 g/mol. The van der Waals surface area contributed by atoms with Crippen molar-refractivity contribution in [3.63, 3.8) is 0 Å². The fraction of sp³-hybridized carbons (Fsp3) is 0.400. The number of fused-ring (bicyclic) bond motifs is 1. The van der Waals surface area contributed by atoms with E-state index in [1.807, 2.05) is 43.3 Å². The molecule has 0 unspecified atom stereocenters. The zero-order chi connectivity index (χ0) is 18.1. The molecule has 3 rings (SSSR count). The van der Waals surface area contributed by atoms with Crippen LogP contribution in [-0.4, -0.2) is 73.1 Å². The SMILES string of the molecule is CN(C)c1cccc(-c2nn3c([C@@H](O)[C@@H](O)[C@H](O)CO)nnc3s2)c1. The largest absolute Gasteiger partial charge is 0.394 e. The van der Waals surface area contributed by atoms with E-state index in [4.69, 9.17) is 5.11 Å². The molecule has 0 bridgehead atoms. The first-order valence-electron chi connectivity index (χ1n) is 7.57. The van der Waals surface area contributed by atoms with Crippen LogP contribution in [0, 0.1) is 0 Å². The summed E-state index contributed by atoms with van der Waals surface area (Å²) in [5, 5.41) is 51.3. The molecule has 134 valence electrons. The van der Waals surface area contributed by atoms with Crippen molar-refractivity contribution < 1.29 is 20.4 Å². The fourth-order valence-electron chi connectivity index (χ4n) is 2.32. The van der Waals surface area contributed by atoms with E-state index in [-0.39, 0.29) is 5.82 Å². The zero-order valence-corrected chi connectivity index (χ0v) is 14.5. The van der Waals surface area contributed by atoms with Gasteiger partial charge in [0.1, 0.15) is 23.3 Å². The fourth-order valence-corrected chi connectivity index (χ4v) is 3.16. The summed E-state index contributed by atoms with van der Waals surface area (Å²) in [6.07, 6.45) is -4.61. The van der Waals surface area contributed by atoms with Crippen LogP contribution in [0.2, 0.25) is 0 Å². The number of anilines is 1. The molecule has 25 heavy (non-hydrogen) atoms. The van der Waals surface area contributed by atoms with E-state index in [0.29, 0.717) is 9.97 Å². The molecule has 0 spiro atoms. The van der Waals surface area contributed by atoms with E-state index in [0.717, 1.165) is 11.3 Å². The summed E-state index contributed by atoms with van der Waals surface area (Å²) >= 11 is 1.29. The van der Waals surface area contributed by atoms with Gasteiger partial charge in [-0.25, -0.2) is 0 Å². The first kappa shape index (κ1) is 17.7. The number of aliphatic hydroxyl groups is 4. The molecule has 3 aromatic rings. The van der Waals surface area contributed by atoms with Crippen LogP contribution in [0.5, 0.6) is 0 Å². The number of rotatable bonds is 6. The highest BCUT2D eigenvalue weighted by Gasteiger charge is 2.30. The highest BCUT2D eigenvalue weighted by atomic mass is 32.1. The van der Waals surface area contributed by atoms with Gasteiger partial charge in [0.2, 0.25) is 4.96 Å². The first-order valence-corrected chi connectivity index (χ1v) is 8.39. The van der Waals surface area contributed by atoms with Crippen molar-refractivity contribution in [2.24, 2.45) is 0 Å². The van der Waals surface area contributed by atoms with Crippen molar-refractivity contribution in [3.05, 3.63) is 30.1 Å². The number of hydrogen-bond acceptors (Lipinski definition) is 9. The normalized spacial score (nSPS) is 15.3. The Balaban J connectivity index is 1.97. The lowest BCUT2D eigenvalue weighted by atomic mass is 10.1. The van der Waals surface area contributed by atoms with Gasteiger partial charge in [-0.05, 0) is 12.1 Å². The van der Waals surface area contributed by atoms with Crippen molar-refractivity contribution in [1.82, 2.24) is 19.8 Å². The lowest BCUT2D eigenvalue weighted by Gasteiger charge is -2.19. The minimum absolute atomic E-state index is 0.00117. The van der Waals surface area contributed by atoms with Crippen molar-refractivity contribution in [2.45, 2.75) is 18.3 Å². The summed E-state index contributed by atoms with van der Waals surface area (Å²) in [6.45, 7) is -0.681. The van der Waals surface area contributed by atoms with Gasteiger partial charge in [-0.15, -0.1) is 10.2 Å². The molecule has 0 saturated carbocycles. The second-order valence-electron chi connectivity index (χ2n) is 5.79. The predicted molar refractivity (Wildman–Crippen MR) is 92.5 cm³/mol. The Labute approximate surface area is 147 Å². The van der Waals surface area contributed by atoms with Crippen LogP contribution < -0.4 is 4.90 Å². The van der Waals surface area contributed by atoms with E-state index >= 15 is 0 Å². The molecule has 0 fully saturated rings. The van der Waals surface area contributed by atoms with Crippen molar-refractivity contribution >= 4 is 22.0 Å². The second kappa shape index (κ2) is 7.02. The number of hydrogen-bond donors (Lipinski definition) is 4. The number of aliphatic hydroxyl groups excluding tert-OH is 4. The maximum atomic E-state index is 10.2. The van der Waals surface area contributed by atoms with Gasteiger partial charge in [0.05, 0.1) is 6.61 Å². The molecule has 0 radical (unpaired) electrons. The average molecular weight is 365 g/mol. The van der Waals surface area contributed by atoms with Gasteiger partial charge in [-0.1, -0.05) is 23.5 Å². The molecule has 0 saturated heterocycles. The van der Waals surface area contributed by atoms with Gasteiger partial charge < -0.3 is 25.3 Å². The second-order valence-corrected chi connectivity index (χ2v) is 6.75. The highest BCUT2D eigenvalue weighted by molar-refractivity contribution is 7.19. The zero-order valence-electron chi connectivity index (χ0n) is 13.7. The van der Waals surface area contributed by atoms with Crippen LogP contribution in [0.4, 0.5) is 5.69 Å². The van der Waals surface area contributed by atoms with Gasteiger partial charge in [0, 0.05) is 25.3 Å². The Morgan fingerprint density at radius 2 is 1.96 bits per heavy atom. The average Bonchev–Trinajstić information content (AvgIpc) is 3.20. The van der Waals surface area contributed by atoms with Crippen LogP contribution in [0.15, 0.2) is 24.3 Å². The Hall–Kier alpha value is -2.11. The van der Waals surface area contributed by atoms with E-state index in [1.165, 1.54) is 15.9 Å². The van der Waals surface area contributed by atoms with Gasteiger partial charge in [0.15, 0.2) is 5.82 Å². The van der Waals surface area contributed by atoms with E-state index in [2.05, 4.69) is 15.3 Å². The van der Waals surface area contributed by atoms with Gasteiger partial charge in [0.25, 0.3) is 0 Å². The minimum Gasteiger partial charge on any atom is -0.394 e. The maximum absolute atomic E-state index is 10.2. The molecule has 10 heteroatoms. The van der Waals surface area contributed by atoms with Crippen LogP contribution in [0.25, 0.3) is 15.5 Å². The first-order chi connectivity index (χ1) is 11.9. The van der Waals surface area contributed by atoms with E-state index in [1.54, 1.807) is 0 Å². The Kier molecular flexibility index (Phi) is 4.97. The van der Waals surface area contributed by atoms with Crippen LogP contribution in [0.1, 0.15) is 11.9 Å². The van der Waals surface area contributed by atoms with Crippen molar-refractivity contribution in [2.75, 3.05) is 25.6 Å². The predicted octanol–water partition coefficient (Wildman–Crippen LogP) is -0.334. The number of nitrogens with zero attached hydrogens (tertiary/aromatic N) is 5. The molecule has 3 atom stereocenters. The molecule has 2 aromatic heterocycles. The third-order valence-corrected chi connectivity index (χ3v) is 4.74. The summed E-state index contributed by atoms with van der Waals surface area (Å²) in [4.78, 5) is 2.43. The molecule has 1 aromatic carbocycles. The molecule has 9 nitrogen and oxygen atoms in total. The monoisotopic (exact) mass is 365 g/mol. The molecule has 0 aliphatic heterocycles. The smallest absolute Gasteiger partial charge is 0.235 e. The van der Waals surface area contributed by atoms with E-state index in [9.17, 15) is 15.3 Å². The quantitative estimate of drug-likeness (QED) is 0.467. The third-order valence-electron chi connectivity index (χ3n) is 3.79. The van der Waals surface area contributed by atoms with Crippen LogP contribution >= 0.6 is 11.3 Å². The topological polar surface area (TPSA) is 127 Å². The standard InChI is InChI=1S/C15H19N5O4S/c1-19(2)9-5-3-4-8(6-9)14-18-20-13(16-17-15(20)25-14)12(24)11(23)10(22)7-21/h3-6,10-12,21-24H,7H2,1-2H3/t10-,11+,12+/m1/s1. The van der Waals surface area contributed by atoms with Gasteiger partial charge >= 0.3 is 0 Å². The summed E-state index contributed by atoms with van der Waals surface area (Å²) in [7, 11) is 3.89. The number of aromatic nitrogens is 4. The lowest BCUT2D eigenvalue weighted by Crippen LogP contribution is -2.35. The molecule has 4 N–H and O–H groups in total. The van der Waals surface area contributed by atoms with Crippen LogP contribution in [-0.2, 0) is 0 Å². The van der Waals surface area contributed by atoms with Gasteiger partial charge in [-0.2, -0.15) is 9.61 Å². The van der Waals surface area contributed by atoms with Crippen LogP contribution in [0.3, 0.4) is 0 Å². The molecular formula is C15H19N5O4S. The summed E-state index contributed by atoms with van der Waals surface area (Å²) < 4.78 is 1.33. The Morgan fingerprint density at radius 1 is 1.20 bits per heavy atom. The maximum Gasteiger partial charge on any atom is 0.235 e. The summed E-state index contributed by atoms with van der Waals surface area (Å²) in [5.74, 6) is 0.00117. The summed E-state index contributed by atoms with van der Waals surface area (Å²) in [6, 6.07) is 7.79. The third kappa shape index (κ3) is 3.34. The lowest BCUT2D eigenvalue weighted by molar-refractivity contribution is -0.0808. The molecule has 2 heterocycles. The van der Waals surface area contributed by atoms with Crippen molar-refractivity contribution in [3.8, 4) is 10.6 Å².